The van der Waals surface area contributed by atoms with Gasteiger partial charge in [-0.2, -0.15) is 0 Å². The zero-order valence-corrected chi connectivity index (χ0v) is 18.2. The number of nitrogens with zero attached hydrogens (tertiary/aromatic N) is 3. The molecule has 0 radical (unpaired) electrons. The Morgan fingerprint density at radius 2 is 2.00 bits per heavy atom. The van der Waals surface area contributed by atoms with Gasteiger partial charge < -0.3 is 9.64 Å². The summed E-state index contributed by atoms with van der Waals surface area (Å²) < 4.78 is 7.36. The molecular formula is C20H26ClN3O3S. The molecule has 1 aromatic carbocycles. The number of hydrogen-bond acceptors (Lipinski definition) is 5. The monoisotopic (exact) mass is 423 g/mol. The van der Waals surface area contributed by atoms with Gasteiger partial charge in [0.2, 0.25) is 5.91 Å². The van der Waals surface area contributed by atoms with Gasteiger partial charge in [0.25, 0.3) is 5.56 Å². The number of amides is 1. The SMILES string of the molecule is CC(C)Cn1c(SCC(=O)N2CC(C)OC(C)C2)nc2ccc(Cl)cc2c1=O. The highest BCUT2D eigenvalue weighted by molar-refractivity contribution is 7.99. The Morgan fingerprint density at radius 1 is 1.32 bits per heavy atom. The number of fused-ring (bicyclic) bond motifs is 1. The molecule has 2 atom stereocenters. The molecule has 6 nitrogen and oxygen atoms in total. The number of carbonyl (C=O) groups excluding carboxylic acids is 1. The van der Waals surface area contributed by atoms with Crippen molar-refractivity contribution < 1.29 is 9.53 Å². The predicted molar refractivity (Wildman–Crippen MR) is 113 cm³/mol. The summed E-state index contributed by atoms with van der Waals surface area (Å²) in [6.45, 7) is 9.75. The number of carbonyl (C=O) groups is 1. The van der Waals surface area contributed by atoms with Crippen LogP contribution >= 0.6 is 23.4 Å². The molecule has 1 fully saturated rings. The van der Waals surface area contributed by atoms with Crippen LogP contribution in [0.3, 0.4) is 0 Å². The summed E-state index contributed by atoms with van der Waals surface area (Å²) >= 11 is 7.37. The van der Waals surface area contributed by atoms with E-state index < -0.39 is 0 Å². The summed E-state index contributed by atoms with van der Waals surface area (Å²) in [5, 5.41) is 1.57. The Labute approximate surface area is 174 Å². The lowest BCUT2D eigenvalue weighted by Crippen LogP contribution is -2.48. The number of morpholine rings is 1. The van der Waals surface area contributed by atoms with Crippen LogP contribution in [-0.4, -0.2) is 51.4 Å². The first kappa shape index (κ1) is 21.1. The van der Waals surface area contributed by atoms with Crippen molar-refractivity contribution in [2.45, 2.75) is 51.6 Å². The summed E-state index contributed by atoms with van der Waals surface area (Å²) in [7, 11) is 0. The van der Waals surface area contributed by atoms with Crippen molar-refractivity contribution in [2.24, 2.45) is 5.92 Å². The standard InChI is InChI=1S/C20H26ClN3O3S/c1-12(2)8-24-19(26)16-7-15(21)5-6-17(16)22-20(24)28-11-18(25)23-9-13(3)27-14(4)10-23/h5-7,12-14H,8-11H2,1-4H3. The number of hydrogen-bond donors (Lipinski definition) is 0. The summed E-state index contributed by atoms with van der Waals surface area (Å²) in [4.78, 5) is 32.2. The fourth-order valence-corrected chi connectivity index (χ4v) is 4.49. The van der Waals surface area contributed by atoms with E-state index in [1.54, 1.807) is 22.8 Å². The quantitative estimate of drug-likeness (QED) is 0.544. The van der Waals surface area contributed by atoms with Crippen LogP contribution < -0.4 is 5.56 Å². The molecule has 2 aromatic rings. The van der Waals surface area contributed by atoms with E-state index in [2.05, 4.69) is 4.98 Å². The highest BCUT2D eigenvalue weighted by Gasteiger charge is 2.26. The van der Waals surface area contributed by atoms with Crippen LogP contribution in [0.1, 0.15) is 27.7 Å². The van der Waals surface area contributed by atoms with Crippen molar-refractivity contribution >= 4 is 40.2 Å². The zero-order valence-electron chi connectivity index (χ0n) is 16.6. The van der Waals surface area contributed by atoms with Gasteiger partial charge in [-0.1, -0.05) is 37.2 Å². The molecule has 1 amide bonds. The van der Waals surface area contributed by atoms with Gasteiger partial charge in [0.05, 0.1) is 28.9 Å². The molecule has 0 N–H and O–H groups in total. The van der Waals surface area contributed by atoms with Crippen molar-refractivity contribution in [1.82, 2.24) is 14.5 Å². The average molecular weight is 424 g/mol. The topological polar surface area (TPSA) is 64.4 Å². The van der Waals surface area contributed by atoms with Gasteiger partial charge in [0.15, 0.2) is 5.16 Å². The third kappa shape index (κ3) is 4.88. The second kappa shape index (κ2) is 8.84. The lowest BCUT2D eigenvalue weighted by molar-refractivity contribution is -0.140. The molecule has 2 heterocycles. The molecular weight excluding hydrogens is 398 g/mol. The van der Waals surface area contributed by atoms with Crippen LogP contribution in [0.15, 0.2) is 28.2 Å². The van der Waals surface area contributed by atoms with Gasteiger partial charge in [-0.3, -0.25) is 14.2 Å². The van der Waals surface area contributed by atoms with Crippen molar-refractivity contribution in [3.05, 3.63) is 33.6 Å². The lowest BCUT2D eigenvalue weighted by atomic mass is 10.2. The van der Waals surface area contributed by atoms with E-state index in [1.165, 1.54) is 11.8 Å². The fourth-order valence-electron chi connectivity index (χ4n) is 3.41. The fraction of sp³-hybridized carbons (Fsp3) is 0.550. The van der Waals surface area contributed by atoms with E-state index in [-0.39, 0.29) is 35.3 Å². The van der Waals surface area contributed by atoms with Crippen molar-refractivity contribution in [2.75, 3.05) is 18.8 Å². The van der Waals surface area contributed by atoms with E-state index in [0.717, 1.165) is 0 Å². The largest absolute Gasteiger partial charge is 0.372 e. The maximum Gasteiger partial charge on any atom is 0.262 e. The van der Waals surface area contributed by atoms with Crippen LogP contribution in [0.5, 0.6) is 0 Å². The number of thioether (sulfide) groups is 1. The van der Waals surface area contributed by atoms with Crippen LogP contribution in [0.25, 0.3) is 10.9 Å². The summed E-state index contributed by atoms with van der Waals surface area (Å²) in [5.41, 5.74) is 0.475. The number of rotatable bonds is 5. The maximum atomic E-state index is 13.0. The Kier molecular flexibility index (Phi) is 6.68. The van der Waals surface area contributed by atoms with Crippen molar-refractivity contribution in [3.63, 3.8) is 0 Å². The third-order valence-corrected chi connectivity index (χ3v) is 5.72. The van der Waals surface area contributed by atoms with E-state index in [0.29, 0.717) is 40.7 Å². The number of aromatic nitrogens is 2. The Bertz CT molecular complexity index is 921. The highest BCUT2D eigenvalue weighted by Crippen LogP contribution is 2.22. The molecule has 8 heteroatoms. The molecule has 1 aliphatic rings. The average Bonchev–Trinajstić information content (AvgIpc) is 2.62. The Balaban J connectivity index is 1.86. The van der Waals surface area contributed by atoms with Gasteiger partial charge in [0.1, 0.15) is 0 Å². The molecule has 0 spiro atoms. The Hall–Kier alpha value is -1.57. The van der Waals surface area contributed by atoms with Crippen LogP contribution in [0, 0.1) is 5.92 Å². The molecule has 152 valence electrons. The number of halogens is 1. The van der Waals surface area contributed by atoms with Crippen LogP contribution in [0.2, 0.25) is 5.02 Å². The lowest BCUT2D eigenvalue weighted by Gasteiger charge is -2.35. The minimum absolute atomic E-state index is 0.0281. The first-order valence-corrected chi connectivity index (χ1v) is 10.9. The minimum Gasteiger partial charge on any atom is -0.372 e. The zero-order chi connectivity index (χ0) is 20.4. The second-order valence-corrected chi connectivity index (χ2v) is 9.09. The molecule has 0 bridgehead atoms. The van der Waals surface area contributed by atoms with E-state index in [9.17, 15) is 9.59 Å². The van der Waals surface area contributed by atoms with Gasteiger partial charge in [0, 0.05) is 24.7 Å². The summed E-state index contributed by atoms with van der Waals surface area (Å²) in [5.74, 6) is 0.545. The first-order valence-electron chi connectivity index (χ1n) is 9.50. The molecule has 28 heavy (non-hydrogen) atoms. The van der Waals surface area contributed by atoms with Crippen LogP contribution in [0.4, 0.5) is 0 Å². The van der Waals surface area contributed by atoms with Gasteiger partial charge in [-0.15, -0.1) is 0 Å². The van der Waals surface area contributed by atoms with Crippen molar-refractivity contribution in [1.29, 1.82) is 0 Å². The Morgan fingerprint density at radius 3 is 2.64 bits per heavy atom. The summed E-state index contributed by atoms with van der Waals surface area (Å²) in [6, 6.07) is 5.12. The molecule has 0 aliphatic carbocycles. The normalized spacial score (nSPS) is 20.1. The van der Waals surface area contributed by atoms with Crippen LogP contribution in [-0.2, 0) is 16.1 Å². The molecule has 3 rings (SSSR count). The minimum atomic E-state index is -0.121. The first-order chi connectivity index (χ1) is 13.2. The third-order valence-electron chi connectivity index (χ3n) is 4.53. The molecule has 1 aliphatic heterocycles. The second-order valence-electron chi connectivity index (χ2n) is 7.71. The highest BCUT2D eigenvalue weighted by atomic mass is 35.5. The molecule has 1 saturated heterocycles. The smallest absolute Gasteiger partial charge is 0.262 e. The molecule has 1 aromatic heterocycles. The predicted octanol–water partition coefficient (Wildman–Crippen LogP) is 3.43. The van der Waals surface area contributed by atoms with Crippen molar-refractivity contribution in [3.8, 4) is 0 Å². The van der Waals surface area contributed by atoms with Gasteiger partial charge in [-0.25, -0.2) is 4.98 Å². The number of benzene rings is 1. The van der Waals surface area contributed by atoms with E-state index in [1.807, 2.05) is 32.6 Å². The number of ether oxygens (including phenoxy) is 1. The maximum absolute atomic E-state index is 13.0. The molecule has 2 unspecified atom stereocenters. The van der Waals surface area contributed by atoms with E-state index >= 15 is 0 Å². The van der Waals surface area contributed by atoms with Gasteiger partial charge in [-0.05, 0) is 38.0 Å². The van der Waals surface area contributed by atoms with E-state index in [4.69, 9.17) is 16.3 Å². The molecule has 0 saturated carbocycles. The summed E-state index contributed by atoms with van der Waals surface area (Å²) in [6.07, 6.45) is 0.0562. The van der Waals surface area contributed by atoms with Gasteiger partial charge >= 0.3 is 0 Å².